The highest BCUT2D eigenvalue weighted by Gasteiger charge is 2.14. The van der Waals surface area contributed by atoms with Gasteiger partial charge in [0.1, 0.15) is 12.3 Å². The lowest BCUT2D eigenvalue weighted by molar-refractivity contribution is -0.0521. The fraction of sp³-hybridized carbons (Fsp3) is 0.235. The molecule has 0 aliphatic rings. The van der Waals surface area contributed by atoms with E-state index in [1.165, 1.54) is 29.2 Å². The monoisotopic (exact) mass is 424 g/mol. The van der Waals surface area contributed by atoms with Gasteiger partial charge < -0.3 is 19.9 Å². The maximum atomic E-state index is 13.5. The summed E-state index contributed by atoms with van der Waals surface area (Å²) in [5.74, 6) is -1.56. The van der Waals surface area contributed by atoms with Crippen molar-refractivity contribution in [2.24, 2.45) is 0 Å². The normalized spacial score (nSPS) is 11.9. The quantitative estimate of drug-likeness (QED) is 0.566. The first-order valence-corrected chi connectivity index (χ1v) is 8.43. The van der Waals surface area contributed by atoms with Crippen molar-refractivity contribution in [1.29, 1.82) is 0 Å². The van der Waals surface area contributed by atoms with Crippen LogP contribution in [0.4, 0.5) is 18.0 Å². The Labute approximate surface area is 167 Å². The van der Waals surface area contributed by atoms with Crippen molar-refractivity contribution >= 4 is 6.09 Å². The molecule has 10 nitrogen and oxygen atoms in total. The molecular weight excluding hydrogens is 409 g/mol. The average Bonchev–Trinajstić information content (AvgIpc) is 3.16. The van der Waals surface area contributed by atoms with Crippen LogP contribution in [-0.4, -0.2) is 42.8 Å². The molecule has 0 aliphatic carbocycles. The van der Waals surface area contributed by atoms with E-state index >= 15 is 0 Å². The summed E-state index contributed by atoms with van der Waals surface area (Å²) in [5, 5.41) is 18.7. The summed E-state index contributed by atoms with van der Waals surface area (Å²) in [5.41, 5.74) is 1.00. The molecule has 0 spiro atoms. The first kappa shape index (κ1) is 20.8. The van der Waals surface area contributed by atoms with E-state index < -0.39 is 30.3 Å². The Morgan fingerprint density at radius 3 is 2.87 bits per heavy atom. The number of hydrogen-bond acceptors (Lipinski definition) is 7. The Morgan fingerprint density at radius 2 is 2.13 bits per heavy atom. The first-order chi connectivity index (χ1) is 14.3. The zero-order valence-electron chi connectivity index (χ0n) is 15.4. The molecule has 0 saturated carbocycles. The van der Waals surface area contributed by atoms with Gasteiger partial charge in [-0.1, -0.05) is 5.21 Å². The van der Waals surface area contributed by atoms with Crippen molar-refractivity contribution < 1.29 is 32.5 Å². The second-order valence-corrected chi connectivity index (χ2v) is 5.87. The number of benzene rings is 1. The van der Waals surface area contributed by atoms with Crippen molar-refractivity contribution in [2.45, 2.75) is 26.2 Å². The number of aromatic nitrogens is 5. The Morgan fingerprint density at radius 1 is 1.33 bits per heavy atom. The van der Waals surface area contributed by atoms with Crippen LogP contribution in [0.1, 0.15) is 24.4 Å². The topological polar surface area (TPSA) is 124 Å². The molecule has 3 rings (SSSR count). The summed E-state index contributed by atoms with van der Waals surface area (Å²) in [7, 11) is 0. The Kier molecular flexibility index (Phi) is 6.29. The van der Waals surface area contributed by atoms with Gasteiger partial charge in [0.15, 0.2) is 11.6 Å². The van der Waals surface area contributed by atoms with E-state index in [9.17, 15) is 18.0 Å². The average molecular weight is 424 g/mol. The van der Waals surface area contributed by atoms with Crippen LogP contribution in [0, 0.1) is 5.82 Å². The Hall–Kier alpha value is -3.90. The highest BCUT2D eigenvalue weighted by molar-refractivity contribution is 5.65. The van der Waals surface area contributed by atoms with Crippen LogP contribution >= 0.6 is 0 Å². The molecule has 0 saturated heterocycles. The summed E-state index contributed by atoms with van der Waals surface area (Å²) in [6, 6.07) is 4.31. The molecule has 13 heteroatoms. The fourth-order valence-electron chi connectivity index (χ4n) is 2.37. The highest BCUT2D eigenvalue weighted by atomic mass is 19.3. The van der Waals surface area contributed by atoms with E-state index in [1.54, 1.807) is 6.92 Å². The second-order valence-electron chi connectivity index (χ2n) is 5.87. The third kappa shape index (κ3) is 5.33. The standard InChI is InChI=1S/C17H15F3N6O4/c1-9(22-17(27)28)13-4-5-21-16(23-13)29-8-10-7-26(25-24-10)11-2-3-12(18)14(6-11)30-15(19)20/h2-7,9,15,22H,8H2,1H3,(H,27,28). The minimum Gasteiger partial charge on any atom is -0.465 e. The number of nitrogens with one attached hydrogen (secondary N) is 1. The molecule has 1 unspecified atom stereocenters. The fourth-order valence-corrected chi connectivity index (χ4v) is 2.37. The van der Waals surface area contributed by atoms with Gasteiger partial charge in [0.2, 0.25) is 0 Å². The molecule has 158 valence electrons. The van der Waals surface area contributed by atoms with Gasteiger partial charge in [0.25, 0.3) is 0 Å². The van der Waals surface area contributed by atoms with Crippen molar-refractivity contribution in [3.63, 3.8) is 0 Å². The van der Waals surface area contributed by atoms with Gasteiger partial charge in [-0.2, -0.15) is 13.8 Å². The largest absolute Gasteiger partial charge is 0.465 e. The first-order valence-electron chi connectivity index (χ1n) is 8.43. The number of amides is 1. The van der Waals surface area contributed by atoms with Crippen LogP contribution in [-0.2, 0) is 6.61 Å². The molecule has 2 aromatic heterocycles. The SMILES string of the molecule is CC(NC(=O)O)c1ccnc(OCc2cn(-c3ccc(F)c(OC(F)F)c3)nn2)n1. The molecule has 0 aliphatic heterocycles. The van der Waals surface area contributed by atoms with Crippen LogP contribution in [0.2, 0.25) is 0 Å². The number of carboxylic acid groups (broad SMARTS) is 1. The highest BCUT2D eigenvalue weighted by Crippen LogP contribution is 2.23. The van der Waals surface area contributed by atoms with Gasteiger partial charge in [0.05, 0.1) is 23.6 Å². The lowest BCUT2D eigenvalue weighted by Gasteiger charge is -2.11. The van der Waals surface area contributed by atoms with Gasteiger partial charge in [0, 0.05) is 12.3 Å². The third-order valence-corrected chi connectivity index (χ3v) is 3.72. The molecular formula is C17H15F3N6O4. The van der Waals surface area contributed by atoms with E-state index in [1.807, 2.05) is 0 Å². The van der Waals surface area contributed by atoms with Gasteiger partial charge in [-0.05, 0) is 25.1 Å². The smallest absolute Gasteiger partial charge is 0.405 e. The number of rotatable bonds is 8. The zero-order valence-corrected chi connectivity index (χ0v) is 15.4. The van der Waals surface area contributed by atoms with Gasteiger partial charge >= 0.3 is 18.7 Å². The van der Waals surface area contributed by atoms with Crippen LogP contribution in [0.25, 0.3) is 5.69 Å². The summed E-state index contributed by atoms with van der Waals surface area (Å²) in [6.45, 7) is -1.63. The van der Waals surface area contributed by atoms with E-state index in [4.69, 9.17) is 9.84 Å². The van der Waals surface area contributed by atoms with Crippen LogP contribution in [0.15, 0.2) is 36.7 Å². The van der Waals surface area contributed by atoms with Crippen LogP contribution in [0.3, 0.4) is 0 Å². The number of nitrogens with zero attached hydrogens (tertiary/aromatic N) is 5. The summed E-state index contributed by atoms with van der Waals surface area (Å²) in [6.07, 6.45) is 1.67. The van der Waals surface area contributed by atoms with E-state index in [0.717, 1.165) is 12.1 Å². The number of alkyl halides is 2. The van der Waals surface area contributed by atoms with Crippen molar-refractivity contribution in [1.82, 2.24) is 30.3 Å². The van der Waals surface area contributed by atoms with Gasteiger partial charge in [-0.25, -0.2) is 18.9 Å². The number of halogens is 3. The molecule has 1 aromatic carbocycles. The minimum atomic E-state index is -3.17. The van der Waals surface area contributed by atoms with E-state index in [0.29, 0.717) is 11.4 Å². The molecule has 1 atom stereocenters. The van der Waals surface area contributed by atoms with Gasteiger partial charge in [-0.15, -0.1) is 5.10 Å². The molecule has 0 radical (unpaired) electrons. The molecule has 3 aromatic rings. The van der Waals surface area contributed by atoms with Crippen molar-refractivity contribution in [3.8, 4) is 17.4 Å². The summed E-state index contributed by atoms with van der Waals surface area (Å²) < 4.78 is 49.0. The Balaban J connectivity index is 1.67. The molecule has 0 bridgehead atoms. The minimum absolute atomic E-state index is 0.00418. The van der Waals surface area contributed by atoms with Crippen LogP contribution in [0.5, 0.6) is 11.8 Å². The predicted molar refractivity (Wildman–Crippen MR) is 93.9 cm³/mol. The lowest BCUT2D eigenvalue weighted by atomic mass is 10.2. The number of ether oxygens (including phenoxy) is 2. The maximum absolute atomic E-state index is 13.5. The molecule has 0 fully saturated rings. The number of hydrogen-bond donors (Lipinski definition) is 2. The van der Waals surface area contributed by atoms with Gasteiger partial charge in [-0.3, -0.25) is 0 Å². The second kappa shape index (κ2) is 9.07. The summed E-state index contributed by atoms with van der Waals surface area (Å²) in [4.78, 5) is 18.8. The molecule has 2 heterocycles. The Bertz CT molecular complexity index is 1030. The van der Waals surface area contributed by atoms with Crippen molar-refractivity contribution in [2.75, 3.05) is 0 Å². The van der Waals surface area contributed by atoms with Crippen molar-refractivity contribution in [3.05, 3.63) is 53.9 Å². The van der Waals surface area contributed by atoms with Crippen LogP contribution < -0.4 is 14.8 Å². The lowest BCUT2D eigenvalue weighted by Crippen LogP contribution is -2.25. The number of carbonyl (C=O) groups is 1. The maximum Gasteiger partial charge on any atom is 0.405 e. The molecule has 2 N–H and O–H groups in total. The molecule has 1 amide bonds. The summed E-state index contributed by atoms with van der Waals surface area (Å²) >= 11 is 0. The predicted octanol–water partition coefficient (Wildman–Crippen LogP) is 2.71. The van der Waals surface area contributed by atoms with E-state index in [2.05, 4.69) is 30.3 Å². The zero-order chi connectivity index (χ0) is 21.7. The van der Waals surface area contributed by atoms with E-state index in [-0.39, 0.29) is 18.3 Å². The molecule has 30 heavy (non-hydrogen) atoms. The third-order valence-electron chi connectivity index (χ3n) is 3.72.